The Balaban J connectivity index is 1.73. The highest BCUT2D eigenvalue weighted by atomic mass is 16.5. The van der Waals surface area contributed by atoms with Gasteiger partial charge in [-0.15, -0.1) is 0 Å². The van der Waals surface area contributed by atoms with Crippen LogP contribution in [0, 0.1) is 11.8 Å². The first-order chi connectivity index (χ1) is 8.79. The lowest BCUT2D eigenvalue weighted by molar-refractivity contribution is 0.0280. The molecule has 1 fully saturated rings. The van der Waals surface area contributed by atoms with Crippen molar-refractivity contribution in [3.63, 3.8) is 0 Å². The SMILES string of the molecule is CNC(CC1OCCc2ccccc21)C1CC1C. The zero-order valence-electron chi connectivity index (χ0n) is 11.4. The highest BCUT2D eigenvalue weighted by molar-refractivity contribution is 5.31. The standard InChI is InChI=1S/C16H23NO/c1-11-9-14(11)15(17-2)10-16-13-6-4-3-5-12(13)7-8-18-16/h3-6,11,14-17H,7-10H2,1-2H3. The Kier molecular flexibility index (Phi) is 3.40. The van der Waals surface area contributed by atoms with Crippen LogP contribution in [0.3, 0.4) is 0 Å². The van der Waals surface area contributed by atoms with Crippen LogP contribution in [0.5, 0.6) is 0 Å². The van der Waals surface area contributed by atoms with E-state index in [2.05, 4.69) is 43.6 Å². The fourth-order valence-corrected chi connectivity index (χ4v) is 3.32. The summed E-state index contributed by atoms with van der Waals surface area (Å²) in [6.45, 7) is 3.23. The Morgan fingerprint density at radius 1 is 1.39 bits per heavy atom. The summed E-state index contributed by atoms with van der Waals surface area (Å²) in [5, 5.41) is 3.49. The van der Waals surface area contributed by atoms with Crippen LogP contribution in [0.25, 0.3) is 0 Å². The van der Waals surface area contributed by atoms with E-state index in [9.17, 15) is 0 Å². The van der Waals surface area contributed by atoms with E-state index >= 15 is 0 Å². The molecule has 2 nitrogen and oxygen atoms in total. The van der Waals surface area contributed by atoms with E-state index in [1.807, 2.05) is 0 Å². The van der Waals surface area contributed by atoms with Gasteiger partial charge in [0.2, 0.25) is 0 Å². The predicted octanol–water partition coefficient (Wildman–Crippen LogP) is 2.93. The molecule has 0 amide bonds. The number of nitrogens with one attached hydrogen (secondary N) is 1. The molecule has 0 spiro atoms. The van der Waals surface area contributed by atoms with E-state index in [-0.39, 0.29) is 0 Å². The van der Waals surface area contributed by atoms with Crippen molar-refractivity contribution in [1.29, 1.82) is 0 Å². The topological polar surface area (TPSA) is 21.3 Å². The van der Waals surface area contributed by atoms with Gasteiger partial charge in [0.05, 0.1) is 12.7 Å². The summed E-state index contributed by atoms with van der Waals surface area (Å²) in [5.41, 5.74) is 2.89. The fourth-order valence-electron chi connectivity index (χ4n) is 3.32. The second-order valence-electron chi connectivity index (χ2n) is 5.82. The van der Waals surface area contributed by atoms with E-state index < -0.39 is 0 Å². The number of hydrogen-bond donors (Lipinski definition) is 1. The van der Waals surface area contributed by atoms with Crippen molar-refractivity contribution in [2.75, 3.05) is 13.7 Å². The van der Waals surface area contributed by atoms with Gasteiger partial charge in [-0.1, -0.05) is 31.2 Å². The van der Waals surface area contributed by atoms with Crippen LogP contribution in [0.15, 0.2) is 24.3 Å². The van der Waals surface area contributed by atoms with Gasteiger partial charge in [0.1, 0.15) is 0 Å². The molecule has 4 unspecified atom stereocenters. The third-order valence-corrected chi connectivity index (χ3v) is 4.62. The van der Waals surface area contributed by atoms with Crippen molar-refractivity contribution in [3.05, 3.63) is 35.4 Å². The smallest absolute Gasteiger partial charge is 0.0842 e. The summed E-state index contributed by atoms with van der Waals surface area (Å²) in [6, 6.07) is 9.37. The third kappa shape index (κ3) is 2.32. The summed E-state index contributed by atoms with van der Waals surface area (Å²) >= 11 is 0. The zero-order chi connectivity index (χ0) is 12.5. The lowest BCUT2D eigenvalue weighted by Gasteiger charge is -2.29. The first-order valence-corrected chi connectivity index (χ1v) is 7.16. The van der Waals surface area contributed by atoms with Gasteiger partial charge in [0.15, 0.2) is 0 Å². The fraction of sp³-hybridized carbons (Fsp3) is 0.625. The van der Waals surface area contributed by atoms with E-state index in [1.54, 1.807) is 0 Å². The maximum absolute atomic E-state index is 6.01. The predicted molar refractivity (Wildman–Crippen MR) is 73.6 cm³/mol. The van der Waals surface area contributed by atoms with Crippen molar-refractivity contribution >= 4 is 0 Å². The Morgan fingerprint density at radius 2 is 2.17 bits per heavy atom. The van der Waals surface area contributed by atoms with Crippen molar-refractivity contribution in [1.82, 2.24) is 5.32 Å². The van der Waals surface area contributed by atoms with Gasteiger partial charge in [-0.3, -0.25) is 0 Å². The number of rotatable bonds is 4. The van der Waals surface area contributed by atoms with Gasteiger partial charge in [0.25, 0.3) is 0 Å². The van der Waals surface area contributed by atoms with Crippen LogP contribution in [0.2, 0.25) is 0 Å². The van der Waals surface area contributed by atoms with E-state index in [1.165, 1.54) is 17.5 Å². The van der Waals surface area contributed by atoms with Gasteiger partial charge in [-0.05, 0) is 49.3 Å². The molecule has 0 radical (unpaired) electrons. The molecule has 3 rings (SSSR count). The average molecular weight is 245 g/mol. The van der Waals surface area contributed by atoms with E-state index in [0.717, 1.165) is 31.3 Å². The molecule has 0 bridgehead atoms. The van der Waals surface area contributed by atoms with Crippen LogP contribution in [0.1, 0.15) is 37.0 Å². The molecule has 4 atom stereocenters. The van der Waals surface area contributed by atoms with Crippen LogP contribution in [0.4, 0.5) is 0 Å². The van der Waals surface area contributed by atoms with E-state index in [0.29, 0.717) is 12.1 Å². The normalized spacial score (nSPS) is 31.8. The molecule has 2 heteroatoms. The van der Waals surface area contributed by atoms with Gasteiger partial charge < -0.3 is 10.1 Å². The summed E-state index contributed by atoms with van der Waals surface area (Å²) in [4.78, 5) is 0. The molecular weight excluding hydrogens is 222 g/mol. The Bertz CT molecular complexity index is 417. The molecular formula is C16H23NO. The summed E-state index contributed by atoms with van der Waals surface area (Å²) in [6.07, 6.45) is 3.85. The first kappa shape index (κ1) is 12.2. The van der Waals surface area contributed by atoms with Gasteiger partial charge in [-0.2, -0.15) is 0 Å². The van der Waals surface area contributed by atoms with E-state index in [4.69, 9.17) is 4.74 Å². The van der Waals surface area contributed by atoms with Gasteiger partial charge in [0, 0.05) is 6.04 Å². The third-order valence-electron chi connectivity index (χ3n) is 4.62. The molecule has 0 saturated heterocycles. The number of hydrogen-bond acceptors (Lipinski definition) is 2. The highest BCUT2D eigenvalue weighted by Crippen LogP contribution is 2.44. The maximum atomic E-state index is 6.01. The van der Waals surface area contributed by atoms with Crippen LogP contribution in [-0.2, 0) is 11.2 Å². The van der Waals surface area contributed by atoms with Crippen molar-refractivity contribution in [2.45, 2.75) is 38.3 Å². The second kappa shape index (κ2) is 5.02. The molecule has 2 aliphatic rings. The van der Waals surface area contributed by atoms with Gasteiger partial charge in [-0.25, -0.2) is 0 Å². The van der Waals surface area contributed by atoms with Crippen molar-refractivity contribution < 1.29 is 4.74 Å². The van der Waals surface area contributed by atoms with Crippen molar-refractivity contribution in [2.24, 2.45) is 11.8 Å². The summed E-state index contributed by atoms with van der Waals surface area (Å²) < 4.78 is 6.01. The molecule has 0 aromatic heterocycles. The minimum absolute atomic E-state index is 0.292. The van der Waals surface area contributed by atoms with Crippen molar-refractivity contribution in [3.8, 4) is 0 Å². The number of benzene rings is 1. The summed E-state index contributed by atoms with van der Waals surface area (Å²) in [5.74, 6) is 1.74. The first-order valence-electron chi connectivity index (χ1n) is 7.16. The molecule has 1 N–H and O–H groups in total. The maximum Gasteiger partial charge on any atom is 0.0842 e. The summed E-state index contributed by atoms with van der Waals surface area (Å²) in [7, 11) is 2.09. The Morgan fingerprint density at radius 3 is 2.89 bits per heavy atom. The molecule has 1 aromatic carbocycles. The monoisotopic (exact) mass is 245 g/mol. The largest absolute Gasteiger partial charge is 0.373 e. The van der Waals surface area contributed by atoms with Crippen LogP contribution >= 0.6 is 0 Å². The molecule has 98 valence electrons. The minimum Gasteiger partial charge on any atom is -0.373 e. The van der Waals surface area contributed by atoms with Crippen LogP contribution in [-0.4, -0.2) is 19.7 Å². The van der Waals surface area contributed by atoms with Crippen LogP contribution < -0.4 is 5.32 Å². The lowest BCUT2D eigenvalue weighted by Crippen LogP contribution is -2.32. The molecule has 1 aromatic rings. The number of ether oxygens (including phenoxy) is 1. The molecule has 1 aliphatic heterocycles. The number of fused-ring (bicyclic) bond motifs is 1. The Labute approximate surface area is 110 Å². The highest BCUT2D eigenvalue weighted by Gasteiger charge is 2.40. The lowest BCUT2D eigenvalue weighted by atomic mass is 9.92. The molecule has 1 saturated carbocycles. The zero-order valence-corrected chi connectivity index (χ0v) is 11.4. The minimum atomic E-state index is 0.292. The molecule has 1 heterocycles. The molecule has 18 heavy (non-hydrogen) atoms. The second-order valence-corrected chi connectivity index (χ2v) is 5.82. The quantitative estimate of drug-likeness (QED) is 0.880. The average Bonchev–Trinajstić information content (AvgIpc) is 3.13. The Hall–Kier alpha value is -0.860. The molecule has 1 aliphatic carbocycles. The van der Waals surface area contributed by atoms with Gasteiger partial charge >= 0.3 is 0 Å².